The molecule has 2 heterocycles. The molecule has 0 saturated carbocycles. The van der Waals surface area contributed by atoms with Gasteiger partial charge in [0.1, 0.15) is 11.6 Å². The molecule has 0 amide bonds. The van der Waals surface area contributed by atoms with Gasteiger partial charge in [0.05, 0.1) is 38.9 Å². The first kappa shape index (κ1) is 35.1. The van der Waals surface area contributed by atoms with Crippen LogP contribution >= 0.6 is 0 Å². The van der Waals surface area contributed by atoms with E-state index in [0.717, 1.165) is 61.3 Å². The number of fused-ring (bicyclic) bond motifs is 1. The van der Waals surface area contributed by atoms with Gasteiger partial charge in [0.15, 0.2) is 0 Å². The van der Waals surface area contributed by atoms with Gasteiger partial charge in [-0.1, -0.05) is 175 Å². The van der Waals surface area contributed by atoms with Gasteiger partial charge in [-0.3, -0.25) is 9.55 Å². The SMILES string of the molecule is [2H]c1nc(-c2cc(-c3cccc4c3nc(-c3cc(C(C)(C)C)cc(C(C)(C)C)c3O)n4-c3c(C(C)C)cc(-c4ccccc4)cc3C(C)C)cc(C(C)(C)C)c2)c([2H])c(-c2c([2H])c([2H])c([2H])c([2H])c2[2H])c1[2H]. The first-order valence-electron chi connectivity index (χ1n) is 26.4. The van der Waals surface area contributed by atoms with Gasteiger partial charge >= 0.3 is 0 Å². The molecule has 0 bridgehead atoms. The monoisotopic (exact) mass is 852 g/mol. The van der Waals surface area contributed by atoms with Crippen LogP contribution in [0.25, 0.3) is 72.7 Å². The number of nitrogens with zero attached hydrogens (tertiary/aromatic N) is 3. The Kier molecular flexibility index (Phi) is 9.17. The molecule has 4 heteroatoms. The molecule has 0 spiro atoms. The Morgan fingerprint density at radius 1 is 0.562 bits per heavy atom. The zero-order valence-corrected chi connectivity index (χ0v) is 39.6. The molecule has 6 aromatic carbocycles. The number of aromatic hydroxyl groups is 1. The topological polar surface area (TPSA) is 50.9 Å². The third-order valence-corrected chi connectivity index (χ3v) is 12.2. The van der Waals surface area contributed by atoms with E-state index in [2.05, 4.69) is 160 Å². The van der Waals surface area contributed by atoms with E-state index in [1.807, 2.05) is 30.3 Å². The number of aromatic nitrogens is 3. The Morgan fingerprint density at radius 3 is 1.80 bits per heavy atom. The Labute approximate surface area is 393 Å². The maximum absolute atomic E-state index is 12.7. The second-order valence-corrected chi connectivity index (χ2v) is 20.8. The van der Waals surface area contributed by atoms with Crippen LogP contribution in [-0.2, 0) is 16.2 Å². The molecule has 0 atom stereocenters. The summed E-state index contributed by atoms with van der Waals surface area (Å²) in [5, 5.41) is 12.7. The molecule has 0 aliphatic carbocycles. The summed E-state index contributed by atoms with van der Waals surface area (Å²) in [7, 11) is 0. The molecule has 0 radical (unpaired) electrons. The molecule has 0 aliphatic heterocycles. The number of rotatable bonds is 8. The maximum Gasteiger partial charge on any atom is 0.149 e. The van der Waals surface area contributed by atoms with Crippen LogP contribution in [0.4, 0.5) is 0 Å². The van der Waals surface area contributed by atoms with Crippen molar-refractivity contribution in [3.8, 4) is 67.5 Å². The van der Waals surface area contributed by atoms with Gasteiger partial charge in [-0.05, 0) is 127 Å². The summed E-state index contributed by atoms with van der Waals surface area (Å²) in [6.45, 7) is 28.0. The van der Waals surface area contributed by atoms with Crippen molar-refractivity contribution in [3.05, 3.63) is 167 Å². The molecule has 2 aromatic heterocycles. The fraction of sp³-hybridized carbons (Fsp3) is 0.300. The first-order chi connectivity index (χ1) is 33.5. The molecule has 1 N–H and O–H groups in total. The molecule has 0 aliphatic rings. The maximum atomic E-state index is 12.7. The van der Waals surface area contributed by atoms with Crippen molar-refractivity contribution in [2.45, 2.75) is 118 Å². The van der Waals surface area contributed by atoms with E-state index >= 15 is 0 Å². The molecule has 8 rings (SSSR count). The number of benzene rings is 6. The van der Waals surface area contributed by atoms with E-state index in [-0.39, 0.29) is 45.9 Å². The summed E-state index contributed by atoms with van der Waals surface area (Å²) in [4.78, 5) is 10.2. The number of para-hydroxylation sites is 1. The fourth-order valence-corrected chi connectivity index (χ4v) is 8.47. The molecule has 8 aromatic rings. The minimum atomic E-state index is -0.597. The lowest BCUT2D eigenvalue weighted by atomic mass is 9.78. The van der Waals surface area contributed by atoms with E-state index < -0.39 is 53.3 Å². The number of phenols is 1. The van der Waals surface area contributed by atoms with Crippen LogP contribution in [0, 0.1) is 0 Å². The van der Waals surface area contributed by atoms with Crippen LogP contribution in [0.1, 0.15) is 141 Å². The van der Waals surface area contributed by atoms with Crippen molar-refractivity contribution in [1.82, 2.24) is 14.5 Å². The summed E-state index contributed by atoms with van der Waals surface area (Å²) in [6, 6.07) is 27.5. The van der Waals surface area contributed by atoms with Gasteiger partial charge in [0.2, 0.25) is 0 Å². The molecule has 0 saturated heterocycles. The summed E-state index contributed by atoms with van der Waals surface area (Å²) in [6.07, 6.45) is -0.497. The summed E-state index contributed by atoms with van der Waals surface area (Å²) >= 11 is 0. The van der Waals surface area contributed by atoms with Crippen LogP contribution in [0.3, 0.4) is 0 Å². The molecular weight excluding hydrogens is 779 g/mol. The Hall–Kier alpha value is -6.26. The van der Waals surface area contributed by atoms with Crippen LogP contribution in [-0.4, -0.2) is 19.6 Å². The number of hydrogen-bond donors (Lipinski definition) is 1. The summed E-state index contributed by atoms with van der Waals surface area (Å²) < 4.78 is 72.2. The van der Waals surface area contributed by atoms with E-state index in [0.29, 0.717) is 22.5 Å². The lowest BCUT2D eigenvalue weighted by Crippen LogP contribution is -2.17. The van der Waals surface area contributed by atoms with E-state index in [1.54, 1.807) is 0 Å². The number of hydrogen-bond acceptors (Lipinski definition) is 3. The van der Waals surface area contributed by atoms with Crippen molar-refractivity contribution in [3.63, 3.8) is 0 Å². The largest absolute Gasteiger partial charge is 0.507 e. The first-order valence-corrected chi connectivity index (χ1v) is 22.4. The zero-order valence-electron chi connectivity index (χ0n) is 47.6. The van der Waals surface area contributed by atoms with Crippen molar-refractivity contribution in [2.24, 2.45) is 0 Å². The number of phenolic OH excluding ortho intramolecular Hbond substituents is 1. The molecule has 0 unspecified atom stereocenters. The van der Waals surface area contributed by atoms with Gasteiger partial charge in [-0.25, -0.2) is 4.98 Å². The smallest absolute Gasteiger partial charge is 0.149 e. The van der Waals surface area contributed by atoms with Crippen LogP contribution in [0.15, 0.2) is 139 Å². The highest BCUT2D eigenvalue weighted by atomic mass is 16.3. The standard InChI is InChI=1S/C60H65N3O/c1-37(2)48-32-42(40-23-18-15-19-24-40)33-49(38(3)4)55(48)63-53-26-20-25-47(54(53)62-57(63)50-35-46(59(8,9)10)36-51(56(50)64)60(11,12)13)43-29-44(31-45(30-43)58(5,6)7)52-34-41(27-28-61-52)39-21-16-14-17-22-39/h14-38,64H,1-13H3/i14D,16D,17D,21D,22D,27D,28D,34D. The Morgan fingerprint density at radius 2 is 1.19 bits per heavy atom. The molecule has 326 valence electrons. The predicted octanol–water partition coefficient (Wildman–Crippen LogP) is 16.6. The highest BCUT2D eigenvalue weighted by Crippen LogP contribution is 2.47. The lowest BCUT2D eigenvalue weighted by molar-refractivity contribution is 0.446. The van der Waals surface area contributed by atoms with Crippen LogP contribution in [0.2, 0.25) is 0 Å². The number of imidazole rings is 1. The second-order valence-electron chi connectivity index (χ2n) is 20.8. The normalized spacial score (nSPS) is 14.2. The molecule has 0 fully saturated rings. The minimum absolute atomic E-state index is 0.0313. The average molecular weight is 852 g/mol. The molecule has 64 heavy (non-hydrogen) atoms. The summed E-state index contributed by atoms with van der Waals surface area (Å²) in [5.74, 6) is 0.905. The zero-order chi connectivity index (χ0) is 52.8. The third kappa shape index (κ3) is 8.55. The van der Waals surface area contributed by atoms with Gasteiger partial charge < -0.3 is 5.11 Å². The lowest BCUT2D eigenvalue weighted by Gasteiger charge is -2.28. The minimum Gasteiger partial charge on any atom is -0.507 e. The molecular formula is C60H65N3O. The van der Waals surface area contributed by atoms with Gasteiger partial charge in [0, 0.05) is 22.9 Å². The third-order valence-electron chi connectivity index (χ3n) is 12.2. The second kappa shape index (κ2) is 16.7. The van der Waals surface area contributed by atoms with Crippen molar-refractivity contribution >= 4 is 11.0 Å². The quantitative estimate of drug-likeness (QED) is 0.166. The van der Waals surface area contributed by atoms with Crippen molar-refractivity contribution in [1.29, 1.82) is 0 Å². The highest BCUT2D eigenvalue weighted by Gasteiger charge is 2.31. The predicted molar refractivity (Wildman–Crippen MR) is 272 cm³/mol. The Bertz CT molecular complexity index is 3410. The highest BCUT2D eigenvalue weighted by molar-refractivity contribution is 5.97. The van der Waals surface area contributed by atoms with Crippen LogP contribution < -0.4 is 0 Å². The summed E-state index contributed by atoms with van der Waals surface area (Å²) in [5.41, 5.74) is 10.6. The van der Waals surface area contributed by atoms with Gasteiger partial charge in [-0.2, -0.15) is 0 Å². The van der Waals surface area contributed by atoms with Crippen molar-refractivity contribution < 1.29 is 16.1 Å². The number of pyridine rings is 1. The van der Waals surface area contributed by atoms with E-state index in [9.17, 15) is 6.48 Å². The van der Waals surface area contributed by atoms with E-state index in [4.69, 9.17) is 14.6 Å². The van der Waals surface area contributed by atoms with Crippen LogP contribution in [0.5, 0.6) is 5.75 Å². The average Bonchev–Trinajstić information content (AvgIpc) is 3.70. The van der Waals surface area contributed by atoms with Gasteiger partial charge in [-0.15, -0.1) is 0 Å². The fourth-order valence-electron chi connectivity index (χ4n) is 8.47. The van der Waals surface area contributed by atoms with Crippen molar-refractivity contribution in [2.75, 3.05) is 0 Å². The Balaban J connectivity index is 1.51. The van der Waals surface area contributed by atoms with E-state index in [1.165, 1.54) is 0 Å². The molecule has 4 nitrogen and oxygen atoms in total. The van der Waals surface area contributed by atoms with Gasteiger partial charge in [0.25, 0.3) is 0 Å².